The standard InChI is InChI=1S/C23H18ClN3O5/c1-30-16-5-6-18-19(12-16)31-10-8-26(18)20(28)13-27-23(29)17-7-9-32-22(17)21(25-27)14-3-2-4-15(24)11-14/h2-7,9,11-12H,8,10,13H2,1H3. The number of rotatable bonds is 4. The van der Waals surface area contributed by atoms with Crippen molar-refractivity contribution in [3.8, 4) is 22.8 Å². The monoisotopic (exact) mass is 451 g/mol. The normalized spacial score (nSPS) is 13.0. The van der Waals surface area contributed by atoms with E-state index in [2.05, 4.69) is 5.10 Å². The highest BCUT2D eigenvalue weighted by Gasteiger charge is 2.26. The largest absolute Gasteiger partial charge is 0.497 e. The van der Waals surface area contributed by atoms with E-state index >= 15 is 0 Å². The summed E-state index contributed by atoms with van der Waals surface area (Å²) in [5, 5.41) is 5.32. The smallest absolute Gasteiger partial charge is 0.278 e. The summed E-state index contributed by atoms with van der Waals surface area (Å²) in [6.07, 6.45) is 1.43. The van der Waals surface area contributed by atoms with Gasteiger partial charge in [-0.15, -0.1) is 0 Å². The third kappa shape index (κ3) is 3.48. The summed E-state index contributed by atoms with van der Waals surface area (Å²) in [4.78, 5) is 27.8. The minimum absolute atomic E-state index is 0.237. The van der Waals surface area contributed by atoms with E-state index in [1.807, 2.05) is 6.07 Å². The Labute approximate surface area is 187 Å². The van der Waals surface area contributed by atoms with E-state index in [9.17, 15) is 9.59 Å². The topological polar surface area (TPSA) is 86.8 Å². The molecule has 32 heavy (non-hydrogen) atoms. The lowest BCUT2D eigenvalue weighted by Crippen LogP contribution is -2.41. The maximum absolute atomic E-state index is 13.2. The van der Waals surface area contributed by atoms with Crippen LogP contribution in [0.25, 0.3) is 22.2 Å². The Kier molecular flexibility index (Phi) is 5.07. The van der Waals surface area contributed by atoms with Gasteiger partial charge < -0.3 is 18.8 Å². The molecule has 0 radical (unpaired) electrons. The molecule has 0 aliphatic carbocycles. The van der Waals surface area contributed by atoms with Gasteiger partial charge in [0.15, 0.2) is 5.58 Å². The second-order valence-electron chi connectivity index (χ2n) is 7.21. The Morgan fingerprint density at radius 1 is 1.22 bits per heavy atom. The molecular formula is C23H18ClN3O5. The first-order valence-electron chi connectivity index (χ1n) is 9.90. The molecule has 0 spiro atoms. The van der Waals surface area contributed by atoms with Crippen LogP contribution in [0.1, 0.15) is 0 Å². The first-order chi connectivity index (χ1) is 15.5. The van der Waals surface area contributed by atoms with Crippen molar-refractivity contribution in [2.75, 3.05) is 25.2 Å². The van der Waals surface area contributed by atoms with Crippen LogP contribution in [0.2, 0.25) is 5.02 Å². The maximum atomic E-state index is 13.2. The molecule has 1 aliphatic heterocycles. The van der Waals surface area contributed by atoms with Gasteiger partial charge in [-0.2, -0.15) is 5.10 Å². The van der Waals surface area contributed by atoms with Crippen molar-refractivity contribution in [2.24, 2.45) is 0 Å². The van der Waals surface area contributed by atoms with Gasteiger partial charge in [-0.3, -0.25) is 9.59 Å². The highest BCUT2D eigenvalue weighted by Crippen LogP contribution is 2.35. The lowest BCUT2D eigenvalue weighted by molar-refractivity contribution is -0.119. The van der Waals surface area contributed by atoms with Crippen molar-refractivity contribution in [3.63, 3.8) is 0 Å². The fraction of sp³-hybridized carbons (Fsp3) is 0.174. The molecule has 4 aromatic rings. The quantitative estimate of drug-likeness (QED) is 0.469. The number of hydrogen-bond donors (Lipinski definition) is 0. The Hall–Kier alpha value is -3.78. The van der Waals surface area contributed by atoms with Gasteiger partial charge >= 0.3 is 0 Å². The second-order valence-corrected chi connectivity index (χ2v) is 7.65. The van der Waals surface area contributed by atoms with Crippen LogP contribution in [0.5, 0.6) is 11.5 Å². The zero-order chi connectivity index (χ0) is 22.2. The van der Waals surface area contributed by atoms with Crippen molar-refractivity contribution >= 4 is 34.2 Å². The number of amides is 1. The Morgan fingerprint density at radius 2 is 2.09 bits per heavy atom. The van der Waals surface area contributed by atoms with Gasteiger partial charge in [0.25, 0.3) is 5.56 Å². The van der Waals surface area contributed by atoms with Crippen LogP contribution in [0.15, 0.2) is 64.0 Å². The molecule has 0 saturated heterocycles. The van der Waals surface area contributed by atoms with Crippen molar-refractivity contribution in [3.05, 3.63) is 70.2 Å². The van der Waals surface area contributed by atoms with Gasteiger partial charge in [0.1, 0.15) is 30.3 Å². The summed E-state index contributed by atoms with van der Waals surface area (Å²) in [6.45, 7) is 0.462. The molecule has 2 aromatic heterocycles. The van der Waals surface area contributed by atoms with Crippen molar-refractivity contribution in [2.45, 2.75) is 6.54 Å². The van der Waals surface area contributed by atoms with Crippen molar-refractivity contribution < 1.29 is 18.7 Å². The highest BCUT2D eigenvalue weighted by molar-refractivity contribution is 6.30. The fourth-order valence-corrected chi connectivity index (χ4v) is 3.93. The molecule has 2 aromatic carbocycles. The predicted molar refractivity (Wildman–Crippen MR) is 120 cm³/mol. The zero-order valence-corrected chi connectivity index (χ0v) is 17.8. The number of hydrogen-bond acceptors (Lipinski definition) is 6. The zero-order valence-electron chi connectivity index (χ0n) is 17.1. The molecule has 0 N–H and O–H groups in total. The molecule has 0 unspecified atom stereocenters. The van der Waals surface area contributed by atoms with E-state index < -0.39 is 5.56 Å². The molecule has 1 amide bonds. The van der Waals surface area contributed by atoms with Gasteiger partial charge in [0, 0.05) is 16.7 Å². The second kappa shape index (κ2) is 8.05. The number of nitrogens with zero attached hydrogens (tertiary/aromatic N) is 3. The molecule has 1 aliphatic rings. The number of carbonyl (C=O) groups is 1. The van der Waals surface area contributed by atoms with Gasteiger partial charge in [-0.05, 0) is 30.3 Å². The van der Waals surface area contributed by atoms with Crippen LogP contribution in [0, 0.1) is 0 Å². The van der Waals surface area contributed by atoms with Gasteiger partial charge in [0.05, 0.1) is 31.0 Å². The summed E-state index contributed by atoms with van der Waals surface area (Å²) in [6, 6.07) is 13.9. The highest BCUT2D eigenvalue weighted by atomic mass is 35.5. The minimum atomic E-state index is -0.406. The Bertz CT molecular complexity index is 1390. The third-order valence-electron chi connectivity index (χ3n) is 5.28. The summed E-state index contributed by atoms with van der Waals surface area (Å²) in [7, 11) is 1.56. The maximum Gasteiger partial charge on any atom is 0.278 e. The lowest BCUT2D eigenvalue weighted by Gasteiger charge is -2.29. The first-order valence-corrected chi connectivity index (χ1v) is 10.3. The van der Waals surface area contributed by atoms with E-state index in [0.717, 1.165) is 4.68 Å². The van der Waals surface area contributed by atoms with Crippen LogP contribution >= 0.6 is 11.6 Å². The number of ether oxygens (including phenoxy) is 2. The molecule has 5 rings (SSSR count). The van der Waals surface area contributed by atoms with E-state index in [-0.39, 0.29) is 12.5 Å². The number of halogens is 1. The molecule has 8 nitrogen and oxygen atoms in total. The summed E-state index contributed by atoms with van der Waals surface area (Å²) in [5.41, 5.74) is 1.69. The van der Waals surface area contributed by atoms with Crippen LogP contribution in [0.4, 0.5) is 5.69 Å². The molecule has 0 atom stereocenters. The van der Waals surface area contributed by atoms with Gasteiger partial charge in [-0.1, -0.05) is 23.7 Å². The summed E-state index contributed by atoms with van der Waals surface area (Å²) < 4.78 is 17.6. The van der Waals surface area contributed by atoms with Crippen molar-refractivity contribution in [1.29, 1.82) is 0 Å². The number of furan rings is 1. The van der Waals surface area contributed by atoms with Crippen LogP contribution < -0.4 is 19.9 Å². The summed E-state index contributed by atoms with van der Waals surface area (Å²) >= 11 is 6.14. The van der Waals surface area contributed by atoms with E-state index in [4.69, 9.17) is 25.5 Å². The average Bonchev–Trinajstić information content (AvgIpc) is 3.30. The van der Waals surface area contributed by atoms with E-state index in [1.165, 1.54) is 6.26 Å². The molecule has 0 saturated carbocycles. The van der Waals surface area contributed by atoms with E-state index in [0.29, 0.717) is 57.6 Å². The summed E-state index contributed by atoms with van der Waals surface area (Å²) in [5.74, 6) is 0.899. The number of anilines is 1. The van der Waals surface area contributed by atoms with Gasteiger partial charge in [-0.25, -0.2) is 4.68 Å². The molecule has 3 heterocycles. The number of aromatic nitrogens is 2. The van der Waals surface area contributed by atoms with Crippen LogP contribution in [0.3, 0.4) is 0 Å². The number of methoxy groups -OCH3 is 1. The molecule has 0 bridgehead atoms. The Morgan fingerprint density at radius 3 is 2.91 bits per heavy atom. The number of benzene rings is 2. The minimum Gasteiger partial charge on any atom is -0.497 e. The van der Waals surface area contributed by atoms with Crippen molar-refractivity contribution in [1.82, 2.24) is 9.78 Å². The fourth-order valence-electron chi connectivity index (χ4n) is 3.74. The average molecular weight is 452 g/mol. The molecular weight excluding hydrogens is 434 g/mol. The van der Waals surface area contributed by atoms with Gasteiger partial charge in [0.2, 0.25) is 5.91 Å². The lowest BCUT2D eigenvalue weighted by atomic mass is 10.1. The van der Waals surface area contributed by atoms with E-state index in [1.54, 1.807) is 54.5 Å². The van der Waals surface area contributed by atoms with Crippen LogP contribution in [-0.4, -0.2) is 35.9 Å². The molecule has 0 fully saturated rings. The third-order valence-corrected chi connectivity index (χ3v) is 5.52. The molecule has 162 valence electrons. The number of carbonyl (C=O) groups excluding carboxylic acids is 1. The Balaban J connectivity index is 1.53. The van der Waals surface area contributed by atoms with Crippen LogP contribution in [-0.2, 0) is 11.3 Å². The number of fused-ring (bicyclic) bond motifs is 2. The SMILES string of the molecule is COc1ccc2c(c1)OCCN2C(=O)Cn1nc(-c2cccc(Cl)c2)c2occc2c1=O. The molecule has 9 heteroatoms. The predicted octanol–water partition coefficient (Wildman–Crippen LogP) is 3.74. The first kappa shape index (κ1) is 20.1.